The standard InChI is InChI=1S/C28H27BO5/c1-21-27(33-19-23-13-7-3-8-14-23)25(29(30)31)17-26(32-18-22-11-5-2-6-12-22)28(21)34-20-24-15-9-4-10-16-24/h2-17,30-31H,18-20H2,1H3. The van der Waals surface area contributed by atoms with Crippen molar-refractivity contribution in [2.75, 3.05) is 0 Å². The van der Waals surface area contributed by atoms with Gasteiger partial charge >= 0.3 is 7.12 Å². The summed E-state index contributed by atoms with van der Waals surface area (Å²) >= 11 is 0. The Labute approximate surface area is 200 Å². The van der Waals surface area contributed by atoms with Gasteiger partial charge in [0, 0.05) is 11.0 Å². The first-order valence-electron chi connectivity index (χ1n) is 11.2. The monoisotopic (exact) mass is 454 g/mol. The molecule has 0 fully saturated rings. The molecule has 0 bridgehead atoms. The van der Waals surface area contributed by atoms with E-state index < -0.39 is 7.12 Å². The molecule has 0 aliphatic heterocycles. The number of ether oxygens (including phenoxy) is 3. The molecule has 0 spiro atoms. The van der Waals surface area contributed by atoms with E-state index in [1.807, 2.05) is 97.9 Å². The highest BCUT2D eigenvalue weighted by atomic mass is 16.5. The lowest BCUT2D eigenvalue weighted by Crippen LogP contribution is -2.32. The molecule has 0 radical (unpaired) electrons. The van der Waals surface area contributed by atoms with Crippen LogP contribution in [0.4, 0.5) is 0 Å². The van der Waals surface area contributed by atoms with Crippen molar-refractivity contribution in [3.8, 4) is 17.2 Å². The Morgan fingerprint density at radius 1 is 0.588 bits per heavy atom. The van der Waals surface area contributed by atoms with E-state index in [0.29, 0.717) is 36.0 Å². The maximum absolute atomic E-state index is 10.1. The van der Waals surface area contributed by atoms with Crippen molar-refractivity contribution in [1.29, 1.82) is 0 Å². The summed E-state index contributed by atoms with van der Waals surface area (Å²) in [7, 11) is -1.73. The maximum atomic E-state index is 10.1. The van der Waals surface area contributed by atoms with Gasteiger partial charge in [-0.05, 0) is 29.7 Å². The first-order chi connectivity index (χ1) is 16.6. The number of hydrogen-bond donors (Lipinski definition) is 2. The Morgan fingerprint density at radius 2 is 1.00 bits per heavy atom. The number of hydrogen-bond acceptors (Lipinski definition) is 5. The lowest BCUT2D eigenvalue weighted by molar-refractivity contribution is 0.249. The second-order valence-corrected chi connectivity index (χ2v) is 7.94. The zero-order valence-corrected chi connectivity index (χ0v) is 19.1. The van der Waals surface area contributed by atoms with Crippen LogP contribution in [0.5, 0.6) is 17.2 Å². The molecule has 0 heterocycles. The fraction of sp³-hybridized carbons (Fsp3) is 0.143. The van der Waals surface area contributed by atoms with Crippen LogP contribution in [0.3, 0.4) is 0 Å². The van der Waals surface area contributed by atoms with E-state index in [1.165, 1.54) is 0 Å². The van der Waals surface area contributed by atoms with E-state index in [-0.39, 0.29) is 12.1 Å². The van der Waals surface area contributed by atoms with Crippen molar-refractivity contribution in [2.24, 2.45) is 0 Å². The molecule has 0 aliphatic carbocycles. The van der Waals surface area contributed by atoms with Crippen LogP contribution in [0.15, 0.2) is 97.1 Å². The van der Waals surface area contributed by atoms with Gasteiger partial charge in [-0.1, -0.05) is 91.0 Å². The van der Waals surface area contributed by atoms with Crippen LogP contribution in [0, 0.1) is 6.92 Å². The molecule has 4 rings (SSSR count). The summed E-state index contributed by atoms with van der Waals surface area (Å²) in [6.07, 6.45) is 0. The largest absolute Gasteiger partial charge is 0.492 e. The van der Waals surface area contributed by atoms with Gasteiger partial charge in [0.2, 0.25) is 0 Å². The van der Waals surface area contributed by atoms with Gasteiger partial charge in [0.05, 0.1) is 0 Å². The highest BCUT2D eigenvalue weighted by Crippen LogP contribution is 2.37. The molecule has 0 aromatic heterocycles. The van der Waals surface area contributed by atoms with E-state index >= 15 is 0 Å². The molecule has 4 aromatic carbocycles. The van der Waals surface area contributed by atoms with Crippen LogP contribution in [0.1, 0.15) is 22.3 Å². The van der Waals surface area contributed by atoms with Crippen LogP contribution in [-0.2, 0) is 19.8 Å². The molecule has 0 atom stereocenters. The zero-order chi connectivity index (χ0) is 23.8. The molecule has 0 saturated carbocycles. The van der Waals surface area contributed by atoms with Gasteiger partial charge in [0.1, 0.15) is 25.6 Å². The fourth-order valence-electron chi connectivity index (χ4n) is 3.64. The minimum atomic E-state index is -1.73. The quantitative estimate of drug-likeness (QED) is 0.348. The summed E-state index contributed by atoms with van der Waals surface area (Å²) in [6, 6.07) is 30.9. The Morgan fingerprint density at radius 3 is 1.44 bits per heavy atom. The Hall–Kier alpha value is -3.74. The van der Waals surface area contributed by atoms with Crippen molar-refractivity contribution in [1.82, 2.24) is 0 Å². The van der Waals surface area contributed by atoms with Crippen LogP contribution < -0.4 is 19.7 Å². The molecular weight excluding hydrogens is 427 g/mol. The van der Waals surface area contributed by atoms with Crippen LogP contribution in [-0.4, -0.2) is 17.2 Å². The van der Waals surface area contributed by atoms with Crippen molar-refractivity contribution >= 4 is 12.6 Å². The number of benzene rings is 4. The fourth-order valence-corrected chi connectivity index (χ4v) is 3.64. The van der Waals surface area contributed by atoms with Crippen molar-refractivity contribution in [3.05, 3.63) is 119 Å². The third-order valence-electron chi connectivity index (χ3n) is 5.42. The van der Waals surface area contributed by atoms with E-state index in [9.17, 15) is 10.0 Å². The highest BCUT2D eigenvalue weighted by molar-refractivity contribution is 6.60. The lowest BCUT2D eigenvalue weighted by atomic mass is 9.78. The molecule has 0 saturated heterocycles. The van der Waals surface area contributed by atoms with E-state index in [1.54, 1.807) is 6.07 Å². The van der Waals surface area contributed by atoms with Gasteiger partial charge in [-0.25, -0.2) is 0 Å². The normalized spacial score (nSPS) is 10.6. The average Bonchev–Trinajstić information content (AvgIpc) is 2.87. The molecule has 0 unspecified atom stereocenters. The van der Waals surface area contributed by atoms with Crippen LogP contribution in [0.25, 0.3) is 0 Å². The second kappa shape index (κ2) is 11.4. The average molecular weight is 454 g/mol. The van der Waals surface area contributed by atoms with Crippen LogP contribution >= 0.6 is 0 Å². The minimum absolute atomic E-state index is 0.226. The van der Waals surface area contributed by atoms with Crippen molar-refractivity contribution in [2.45, 2.75) is 26.7 Å². The molecular formula is C28H27BO5. The summed E-state index contributed by atoms with van der Waals surface area (Å²) in [6.45, 7) is 2.77. The summed E-state index contributed by atoms with van der Waals surface area (Å²) < 4.78 is 18.4. The molecule has 0 aliphatic rings. The molecule has 172 valence electrons. The molecule has 5 nitrogen and oxygen atoms in total. The first-order valence-corrected chi connectivity index (χ1v) is 11.2. The first kappa shape index (κ1) is 23.4. The predicted molar refractivity (Wildman–Crippen MR) is 133 cm³/mol. The summed E-state index contributed by atoms with van der Waals surface area (Å²) in [5.41, 5.74) is 3.83. The summed E-state index contributed by atoms with van der Waals surface area (Å²) in [4.78, 5) is 0. The van der Waals surface area contributed by atoms with Gasteiger partial charge in [-0.15, -0.1) is 0 Å². The van der Waals surface area contributed by atoms with Gasteiger partial charge in [-0.3, -0.25) is 0 Å². The smallest absolute Gasteiger partial charge is 0.489 e. The highest BCUT2D eigenvalue weighted by Gasteiger charge is 2.26. The number of rotatable bonds is 10. The Balaban J connectivity index is 1.67. The molecule has 6 heteroatoms. The topological polar surface area (TPSA) is 68.2 Å². The third-order valence-corrected chi connectivity index (χ3v) is 5.42. The van der Waals surface area contributed by atoms with E-state index in [4.69, 9.17) is 14.2 Å². The van der Waals surface area contributed by atoms with Gasteiger partial charge < -0.3 is 24.3 Å². The summed E-state index contributed by atoms with van der Waals surface area (Å²) in [5, 5.41) is 20.2. The van der Waals surface area contributed by atoms with Crippen LogP contribution in [0.2, 0.25) is 0 Å². The third kappa shape index (κ3) is 5.98. The minimum Gasteiger partial charge on any atom is -0.489 e. The van der Waals surface area contributed by atoms with E-state index in [2.05, 4.69) is 0 Å². The molecule has 0 amide bonds. The Bertz CT molecular complexity index is 1180. The molecule has 2 N–H and O–H groups in total. The lowest BCUT2D eigenvalue weighted by Gasteiger charge is -2.21. The summed E-state index contributed by atoms with van der Waals surface area (Å²) in [5.74, 6) is 1.30. The second-order valence-electron chi connectivity index (χ2n) is 7.94. The van der Waals surface area contributed by atoms with E-state index in [0.717, 1.165) is 16.7 Å². The zero-order valence-electron chi connectivity index (χ0n) is 19.1. The van der Waals surface area contributed by atoms with Crippen molar-refractivity contribution < 1.29 is 24.3 Å². The van der Waals surface area contributed by atoms with Gasteiger partial charge in [-0.2, -0.15) is 0 Å². The maximum Gasteiger partial charge on any atom is 0.492 e. The SMILES string of the molecule is Cc1c(OCc2ccccc2)c(OCc2ccccc2)cc(B(O)O)c1OCc1ccccc1. The predicted octanol–water partition coefficient (Wildman–Crippen LogP) is 4.41. The van der Waals surface area contributed by atoms with Crippen molar-refractivity contribution in [3.63, 3.8) is 0 Å². The molecule has 34 heavy (non-hydrogen) atoms. The molecule has 4 aromatic rings. The van der Waals surface area contributed by atoms with Gasteiger partial charge in [0.15, 0.2) is 11.5 Å². The Kier molecular flexibility index (Phi) is 7.86. The van der Waals surface area contributed by atoms with Gasteiger partial charge in [0.25, 0.3) is 0 Å².